The zero-order valence-corrected chi connectivity index (χ0v) is 13.2. The van der Waals surface area contributed by atoms with Crippen LogP contribution >= 0.6 is 15.9 Å². The van der Waals surface area contributed by atoms with Crippen molar-refractivity contribution in [1.82, 2.24) is 9.80 Å². The first-order valence-electron chi connectivity index (χ1n) is 6.61. The van der Waals surface area contributed by atoms with Gasteiger partial charge in [-0.15, -0.1) is 0 Å². The number of carbonyl (C=O) groups excluding carboxylic acids is 1. The van der Waals surface area contributed by atoms with Crippen molar-refractivity contribution >= 4 is 21.8 Å². The SMILES string of the molecule is Cc1ccc(Br)c(C(=O)N2CCN(CC(F)(F)F)CC2)c1. The predicted molar refractivity (Wildman–Crippen MR) is 77.3 cm³/mol. The van der Waals surface area contributed by atoms with E-state index in [1.54, 1.807) is 11.0 Å². The number of hydrogen-bond acceptors (Lipinski definition) is 2. The van der Waals surface area contributed by atoms with E-state index < -0.39 is 12.7 Å². The molecule has 0 unspecified atom stereocenters. The zero-order chi connectivity index (χ0) is 15.6. The van der Waals surface area contributed by atoms with Crippen LogP contribution in [0, 0.1) is 6.92 Å². The van der Waals surface area contributed by atoms with Crippen LogP contribution in [-0.4, -0.2) is 54.6 Å². The molecule has 1 fully saturated rings. The van der Waals surface area contributed by atoms with Gasteiger partial charge in [0.05, 0.1) is 12.1 Å². The Kier molecular flexibility index (Phi) is 4.93. The average Bonchev–Trinajstić information content (AvgIpc) is 2.40. The number of benzene rings is 1. The van der Waals surface area contributed by atoms with Crippen LogP contribution in [0.2, 0.25) is 0 Å². The van der Waals surface area contributed by atoms with Gasteiger partial charge in [-0.2, -0.15) is 13.2 Å². The van der Waals surface area contributed by atoms with E-state index in [9.17, 15) is 18.0 Å². The Morgan fingerprint density at radius 2 is 1.86 bits per heavy atom. The maximum Gasteiger partial charge on any atom is 0.401 e. The molecule has 0 N–H and O–H groups in total. The Bertz CT molecular complexity index is 525. The molecule has 1 aromatic rings. The number of carbonyl (C=O) groups is 1. The van der Waals surface area contributed by atoms with Crippen LogP contribution in [0.5, 0.6) is 0 Å². The van der Waals surface area contributed by atoms with Crippen molar-refractivity contribution < 1.29 is 18.0 Å². The van der Waals surface area contributed by atoms with Crippen molar-refractivity contribution in [2.45, 2.75) is 13.1 Å². The summed E-state index contributed by atoms with van der Waals surface area (Å²) in [5, 5.41) is 0. The maximum absolute atomic E-state index is 12.4. The topological polar surface area (TPSA) is 23.6 Å². The number of rotatable bonds is 2. The molecule has 2 rings (SSSR count). The monoisotopic (exact) mass is 364 g/mol. The summed E-state index contributed by atoms with van der Waals surface area (Å²) in [6, 6.07) is 5.49. The third-order valence-electron chi connectivity index (χ3n) is 3.41. The summed E-state index contributed by atoms with van der Waals surface area (Å²) in [6.45, 7) is 2.10. The van der Waals surface area contributed by atoms with E-state index in [0.717, 1.165) is 5.56 Å². The minimum absolute atomic E-state index is 0.141. The van der Waals surface area contributed by atoms with Gasteiger partial charge >= 0.3 is 6.18 Å². The Labute approximate surface area is 129 Å². The molecule has 1 saturated heterocycles. The third kappa shape index (κ3) is 4.44. The van der Waals surface area contributed by atoms with Crippen LogP contribution in [0.3, 0.4) is 0 Å². The van der Waals surface area contributed by atoms with Crippen molar-refractivity contribution in [1.29, 1.82) is 0 Å². The molecule has 3 nitrogen and oxygen atoms in total. The first-order valence-corrected chi connectivity index (χ1v) is 7.40. The number of nitrogens with zero attached hydrogens (tertiary/aromatic N) is 2. The molecule has 1 aliphatic heterocycles. The van der Waals surface area contributed by atoms with Crippen molar-refractivity contribution in [2.24, 2.45) is 0 Å². The molecule has 0 aromatic heterocycles. The van der Waals surface area contributed by atoms with E-state index in [1.165, 1.54) is 4.90 Å². The molecule has 116 valence electrons. The molecular formula is C14H16BrF3N2O. The normalized spacial score (nSPS) is 17.1. The van der Waals surface area contributed by atoms with Gasteiger partial charge in [-0.25, -0.2) is 0 Å². The van der Waals surface area contributed by atoms with Crippen LogP contribution in [0.1, 0.15) is 15.9 Å². The summed E-state index contributed by atoms with van der Waals surface area (Å²) in [5.41, 5.74) is 1.52. The quantitative estimate of drug-likeness (QED) is 0.804. The van der Waals surface area contributed by atoms with Crippen molar-refractivity contribution in [3.05, 3.63) is 33.8 Å². The number of hydrogen-bond donors (Lipinski definition) is 0. The molecule has 0 radical (unpaired) electrons. The second-order valence-corrected chi connectivity index (χ2v) is 6.02. The summed E-state index contributed by atoms with van der Waals surface area (Å²) in [5.74, 6) is -0.141. The number of piperazine rings is 1. The summed E-state index contributed by atoms with van der Waals surface area (Å²) in [4.78, 5) is 15.4. The largest absolute Gasteiger partial charge is 0.401 e. The fourth-order valence-corrected chi connectivity index (χ4v) is 2.75. The summed E-state index contributed by atoms with van der Waals surface area (Å²) in [7, 11) is 0. The van der Waals surface area contributed by atoms with Gasteiger partial charge in [0.1, 0.15) is 0 Å². The van der Waals surface area contributed by atoms with E-state index in [-0.39, 0.29) is 19.0 Å². The third-order valence-corrected chi connectivity index (χ3v) is 4.11. The number of amides is 1. The predicted octanol–water partition coefficient (Wildman–Crippen LogP) is 3.08. The van der Waals surface area contributed by atoms with E-state index >= 15 is 0 Å². The van der Waals surface area contributed by atoms with Crippen molar-refractivity contribution in [2.75, 3.05) is 32.7 Å². The van der Waals surface area contributed by atoms with Crippen LogP contribution in [0.25, 0.3) is 0 Å². The molecule has 0 atom stereocenters. The fraction of sp³-hybridized carbons (Fsp3) is 0.500. The highest BCUT2D eigenvalue weighted by molar-refractivity contribution is 9.10. The van der Waals surface area contributed by atoms with Gasteiger partial charge in [-0.3, -0.25) is 9.69 Å². The Hall–Kier alpha value is -1.08. The van der Waals surface area contributed by atoms with E-state index in [0.29, 0.717) is 23.1 Å². The second kappa shape index (κ2) is 6.36. The molecule has 21 heavy (non-hydrogen) atoms. The first-order chi connectivity index (χ1) is 9.76. The minimum atomic E-state index is -4.19. The second-order valence-electron chi connectivity index (χ2n) is 5.17. The molecule has 0 bridgehead atoms. The van der Waals surface area contributed by atoms with Gasteiger partial charge in [-0.1, -0.05) is 11.6 Å². The first kappa shape index (κ1) is 16.3. The van der Waals surface area contributed by atoms with Gasteiger partial charge in [0.2, 0.25) is 0 Å². The molecule has 0 spiro atoms. The van der Waals surface area contributed by atoms with Crippen LogP contribution in [0.15, 0.2) is 22.7 Å². The minimum Gasteiger partial charge on any atom is -0.336 e. The van der Waals surface area contributed by atoms with Gasteiger partial charge in [-0.05, 0) is 35.0 Å². The molecule has 0 aliphatic carbocycles. The highest BCUT2D eigenvalue weighted by Crippen LogP contribution is 2.22. The van der Waals surface area contributed by atoms with Gasteiger partial charge in [0.15, 0.2) is 0 Å². The number of halogens is 4. The Morgan fingerprint density at radius 1 is 1.24 bits per heavy atom. The molecule has 1 aromatic carbocycles. The zero-order valence-electron chi connectivity index (χ0n) is 11.6. The smallest absolute Gasteiger partial charge is 0.336 e. The van der Waals surface area contributed by atoms with E-state index in [1.807, 2.05) is 19.1 Å². The fourth-order valence-electron chi connectivity index (χ4n) is 2.34. The Balaban J connectivity index is 1.99. The van der Waals surface area contributed by atoms with E-state index in [4.69, 9.17) is 0 Å². The van der Waals surface area contributed by atoms with Gasteiger partial charge in [0, 0.05) is 30.7 Å². The lowest BCUT2D eigenvalue weighted by atomic mass is 10.1. The Morgan fingerprint density at radius 3 is 2.43 bits per heavy atom. The summed E-state index contributed by atoms with van der Waals surface area (Å²) < 4.78 is 37.7. The van der Waals surface area contributed by atoms with Gasteiger partial charge in [0.25, 0.3) is 5.91 Å². The van der Waals surface area contributed by atoms with Crippen LogP contribution < -0.4 is 0 Å². The van der Waals surface area contributed by atoms with E-state index in [2.05, 4.69) is 15.9 Å². The maximum atomic E-state index is 12.4. The molecule has 7 heteroatoms. The summed E-state index contributed by atoms with van der Waals surface area (Å²) >= 11 is 3.34. The lowest BCUT2D eigenvalue weighted by molar-refractivity contribution is -0.148. The molecule has 0 saturated carbocycles. The van der Waals surface area contributed by atoms with Crippen molar-refractivity contribution in [3.63, 3.8) is 0 Å². The lowest BCUT2D eigenvalue weighted by Crippen LogP contribution is -2.51. The summed E-state index contributed by atoms with van der Waals surface area (Å²) in [6.07, 6.45) is -4.19. The molecule has 1 amide bonds. The average molecular weight is 365 g/mol. The number of aryl methyl sites for hydroxylation is 1. The number of alkyl halides is 3. The lowest BCUT2D eigenvalue weighted by Gasteiger charge is -2.35. The van der Waals surface area contributed by atoms with Crippen molar-refractivity contribution in [3.8, 4) is 0 Å². The van der Waals surface area contributed by atoms with Crippen LogP contribution in [-0.2, 0) is 0 Å². The van der Waals surface area contributed by atoms with Gasteiger partial charge < -0.3 is 4.90 Å². The molecular weight excluding hydrogens is 349 g/mol. The highest BCUT2D eigenvalue weighted by Gasteiger charge is 2.33. The highest BCUT2D eigenvalue weighted by atomic mass is 79.9. The molecule has 1 heterocycles. The molecule has 1 aliphatic rings. The standard InChI is InChI=1S/C14H16BrF3N2O/c1-10-2-3-12(15)11(8-10)13(21)20-6-4-19(5-7-20)9-14(16,17)18/h2-3,8H,4-7,9H2,1H3. The van der Waals surface area contributed by atoms with Crippen LogP contribution in [0.4, 0.5) is 13.2 Å².